The molecule has 1 aromatic heterocycles. The molecule has 37 heavy (non-hydrogen) atoms. The fourth-order valence-corrected chi connectivity index (χ4v) is 3.39. The summed E-state index contributed by atoms with van der Waals surface area (Å²) in [6.45, 7) is 0.724. The van der Waals surface area contributed by atoms with E-state index in [1.165, 1.54) is 4.90 Å². The Kier molecular flexibility index (Phi) is 11.4. The minimum atomic E-state index is -1.96. The first-order valence-electron chi connectivity index (χ1n) is 11.4. The van der Waals surface area contributed by atoms with Crippen LogP contribution in [-0.4, -0.2) is 65.9 Å². The lowest BCUT2D eigenvalue weighted by atomic mass is 10.0. The molecule has 2 unspecified atom stereocenters. The maximum atomic E-state index is 14.0. The zero-order valence-corrected chi connectivity index (χ0v) is 19.9. The summed E-state index contributed by atoms with van der Waals surface area (Å²) in [5.74, 6) is -10.3. The molecule has 2 aromatic rings. The molecule has 10 nitrogen and oxygen atoms in total. The molecule has 0 aliphatic heterocycles. The van der Waals surface area contributed by atoms with Gasteiger partial charge in [0.2, 0.25) is 29.4 Å². The molecule has 0 aliphatic rings. The van der Waals surface area contributed by atoms with Crippen molar-refractivity contribution < 1.29 is 31.9 Å². The highest BCUT2D eigenvalue weighted by Crippen LogP contribution is 2.22. The average molecular weight is 528 g/mol. The number of hydrogen-bond acceptors (Lipinski definition) is 7. The number of rotatable bonds is 13. The van der Waals surface area contributed by atoms with Crippen LogP contribution in [0, 0.1) is 23.5 Å². The van der Waals surface area contributed by atoms with Crippen LogP contribution in [0.1, 0.15) is 18.4 Å². The Morgan fingerprint density at radius 2 is 1.49 bits per heavy atom. The van der Waals surface area contributed by atoms with Crippen LogP contribution in [0.4, 0.5) is 23.2 Å². The molecule has 2 rings (SSSR count). The van der Waals surface area contributed by atoms with E-state index in [-0.39, 0.29) is 39.0 Å². The van der Waals surface area contributed by atoms with Gasteiger partial charge in [0.05, 0.1) is 12.5 Å². The van der Waals surface area contributed by atoms with E-state index in [1.807, 2.05) is 0 Å². The SMILES string of the molecule is NCCN(CCN)C(=O)CC(N)C(=O)NC(CCc1ccccc1)C(=O)Nc1c(F)c(F)nc(F)c1F. The summed E-state index contributed by atoms with van der Waals surface area (Å²) in [7, 11) is 0. The summed E-state index contributed by atoms with van der Waals surface area (Å²) in [6, 6.07) is 5.92. The van der Waals surface area contributed by atoms with Crippen molar-refractivity contribution in [1.82, 2.24) is 15.2 Å². The third-order valence-corrected chi connectivity index (χ3v) is 5.33. The molecule has 0 saturated heterocycles. The highest BCUT2D eigenvalue weighted by molar-refractivity contribution is 5.98. The maximum Gasteiger partial charge on any atom is 0.253 e. The van der Waals surface area contributed by atoms with Crippen molar-refractivity contribution in [3.63, 3.8) is 0 Å². The molecular formula is C23H29F4N7O3. The van der Waals surface area contributed by atoms with Crippen molar-refractivity contribution in [3.05, 3.63) is 59.4 Å². The van der Waals surface area contributed by atoms with Crippen LogP contribution in [0.25, 0.3) is 0 Å². The second-order valence-electron chi connectivity index (χ2n) is 8.04. The lowest BCUT2D eigenvalue weighted by molar-refractivity contribution is -0.134. The van der Waals surface area contributed by atoms with Gasteiger partial charge in [-0.3, -0.25) is 14.4 Å². The second kappa shape index (κ2) is 14.2. The van der Waals surface area contributed by atoms with E-state index < -0.39 is 65.4 Å². The molecule has 0 fully saturated rings. The van der Waals surface area contributed by atoms with Crippen molar-refractivity contribution in [1.29, 1.82) is 0 Å². The van der Waals surface area contributed by atoms with Gasteiger partial charge in [0.15, 0.2) is 0 Å². The molecule has 14 heteroatoms. The van der Waals surface area contributed by atoms with Crippen LogP contribution in [-0.2, 0) is 20.8 Å². The minimum Gasteiger partial charge on any atom is -0.343 e. The third-order valence-electron chi connectivity index (χ3n) is 5.33. The molecule has 0 spiro atoms. The molecule has 8 N–H and O–H groups in total. The summed E-state index contributed by atoms with van der Waals surface area (Å²) in [5, 5.41) is 4.11. The van der Waals surface area contributed by atoms with Gasteiger partial charge in [-0.1, -0.05) is 30.3 Å². The van der Waals surface area contributed by atoms with Crippen molar-refractivity contribution in [3.8, 4) is 0 Å². The summed E-state index contributed by atoms with van der Waals surface area (Å²) in [4.78, 5) is 41.8. The lowest BCUT2D eigenvalue weighted by Gasteiger charge is -2.24. The van der Waals surface area contributed by atoms with E-state index in [4.69, 9.17) is 17.2 Å². The number of aryl methyl sites for hydroxylation is 1. The topological polar surface area (TPSA) is 169 Å². The van der Waals surface area contributed by atoms with Gasteiger partial charge in [0.25, 0.3) is 11.9 Å². The number of carbonyl (C=O) groups is 3. The first-order chi connectivity index (χ1) is 17.6. The number of carbonyl (C=O) groups excluding carboxylic acids is 3. The molecule has 0 bridgehead atoms. The molecule has 2 atom stereocenters. The Morgan fingerprint density at radius 3 is 2.03 bits per heavy atom. The quantitative estimate of drug-likeness (QED) is 0.182. The Balaban J connectivity index is 2.19. The van der Waals surface area contributed by atoms with E-state index in [0.29, 0.717) is 0 Å². The summed E-state index contributed by atoms with van der Waals surface area (Å²) in [6.07, 6.45) is -0.269. The third kappa shape index (κ3) is 8.48. The van der Waals surface area contributed by atoms with Crippen molar-refractivity contribution in [2.24, 2.45) is 17.2 Å². The van der Waals surface area contributed by atoms with Gasteiger partial charge in [0.1, 0.15) is 11.7 Å². The number of anilines is 1. The van der Waals surface area contributed by atoms with Crippen LogP contribution in [0.5, 0.6) is 0 Å². The largest absolute Gasteiger partial charge is 0.343 e. The first-order valence-corrected chi connectivity index (χ1v) is 11.4. The average Bonchev–Trinajstić information content (AvgIpc) is 2.87. The fraction of sp³-hybridized carbons (Fsp3) is 0.391. The molecular weight excluding hydrogens is 498 g/mol. The molecule has 0 saturated carbocycles. The number of nitrogens with one attached hydrogen (secondary N) is 2. The predicted octanol–water partition coefficient (Wildman–Crippen LogP) is 0.158. The Morgan fingerprint density at radius 1 is 0.919 bits per heavy atom. The maximum absolute atomic E-state index is 14.0. The number of amides is 3. The van der Waals surface area contributed by atoms with E-state index in [9.17, 15) is 31.9 Å². The number of halogens is 4. The van der Waals surface area contributed by atoms with E-state index in [0.717, 1.165) is 5.56 Å². The molecule has 0 radical (unpaired) electrons. The number of nitrogens with two attached hydrogens (primary N) is 3. The normalized spacial score (nSPS) is 12.5. The Bertz CT molecular complexity index is 1060. The molecule has 1 aromatic carbocycles. The van der Waals surface area contributed by atoms with Crippen LogP contribution in [0.3, 0.4) is 0 Å². The lowest BCUT2D eigenvalue weighted by Crippen LogP contribution is -2.52. The smallest absolute Gasteiger partial charge is 0.253 e. The van der Waals surface area contributed by atoms with E-state index >= 15 is 0 Å². The number of nitrogens with zero attached hydrogens (tertiary/aromatic N) is 2. The predicted molar refractivity (Wildman–Crippen MR) is 127 cm³/mol. The van der Waals surface area contributed by atoms with Crippen LogP contribution in [0.2, 0.25) is 0 Å². The number of benzene rings is 1. The van der Waals surface area contributed by atoms with Crippen LogP contribution in [0.15, 0.2) is 30.3 Å². The van der Waals surface area contributed by atoms with Crippen molar-refractivity contribution in [2.45, 2.75) is 31.3 Å². The zero-order chi connectivity index (χ0) is 27.5. The van der Waals surface area contributed by atoms with Gasteiger partial charge in [-0.15, -0.1) is 0 Å². The minimum absolute atomic E-state index is 0.0754. The highest BCUT2D eigenvalue weighted by Gasteiger charge is 2.29. The van der Waals surface area contributed by atoms with Crippen LogP contribution < -0.4 is 27.8 Å². The van der Waals surface area contributed by atoms with Gasteiger partial charge < -0.3 is 32.7 Å². The summed E-state index contributed by atoms with van der Waals surface area (Å²) < 4.78 is 55.0. The molecule has 1 heterocycles. The standard InChI is InChI=1S/C23H29F4N7O3/c24-17-19(18(25)21(27)33-20(17)26)32-23(37)15(7-6-13-4-2-1-3-5-13)31-22(36)14(30)12-16(35)34(10-8-28)11-9-29/h1-5,14-15H,6-12,28-30H2,(H,31,36)(H,32,33,37). The van der Waals surface area contributed by atoms with Gasteiger partial charge >= 0.3 is 0 Å². The first kappa shape index (κ1) is 29.6. The summed E-state index contributed by atoms with van der Waals surface area (Å²) in [5.41, 5.74) is 16.2. The van der Waals surface area contributed by atoms with Crippen molar-refractivity contribution in [2.75, 3.05) is 31.5 Å². The molecule has 202 valence electrons. The Labute approximate surface area is 210 Å². The number of aromatic nitrogens is 1. The van der Waals surface area contributed by atoms with Crippen molar-refractivity contribution >= 4 is 23.4 Å². The van der Waals surface area contributed by atoms with Crippen LogP contribution >= 0.6 is 0 Å². The van der Waals surface area contributed by atoms with Gasteiger partial charge in [-0.25, -0.2) is 0 Å². The van der Waals surface area contributed by atoms with Gasteiger partial charge in [-0.05, 0) is 18.4 Å². The number of pyridine rings is 1. The van der Waals surface area contributed by atoms with Gasteiger partial charge in [0, 0.05) is 26.2 Å². The Hall–Kier alpha value is -3.62. The van der Waals surface area contributed by atoms with E-state index in [1.54, 1.807) is 35.6 Å². The van der Waals surface area contributed by atoms with Gasteiger partial charge in [-0.2, -0.15) is 22.5 Å². The van der Waals surface area contributed by atoms with E-state index in [2.05, 4.69) is 10.3 Å². The molecule has 0 aliphatic carbocycles. The molecule has 3 amide bonds. The fourth-order valence-electron chi connectivity index (χ4n) is 3.39. The number of hydrogen-bond donors (Lipinski definition) is 5. The summed E-state index contributed by atoms with van der Waals surface area (Å²) >= 11 is 0. The zero-order valence-electron chi connectivity index (χ0n) is 19.9. The highest BCUT2D eigenvalue weighted by atomic mass is 19.2. The second-order valence-corrected chi connectivity index (χ2v) is 8.04. The monoisotopic (exact) mass is 527 g/mol.